The summed E-state index contributed by atoms with van der Waals surface area (Å²) in [5.41, 5.74) is 2.32. The molecule has 4 nitrogen and oxygen atoms in total. The average Bonchev–Trinajstić information content (AvgIpc) is 2.62. The zero-order chi connectivity index (χ0) is 13.4. The van der Waals surface area contributed by atoms with Crippen molar-refractivity contribution in [2.45, 2.75) is 50.8 Å². The molecular formula is C13H22N2O2Se. The van der Waals surface area contributed by atoms with E-state index in [0.717, 1.165) is 24.0 Å². The third-order valence-corrected chi connectivity index (χ3v) is 4.73. The van der Waals surface area contributed by atoms with Crippen LogP contribution in [0.4, 0.5) is 0 Å². The van der Waals surface area contributed by atoms with E-state index in [4.69, 9.17) is 4.74 Å². The van der Waals surface area contributed by atoms with Crippen molar-refractivity contribution in [2.75, 3.05) is 6.61 Å². The molecule has 0 saturated carbocycles. The van der Waals surface area contributed by atoms with Gasteiger partial charge in [0.2, 0.25) is 0 Å². The monoisotopic (exact) mass is 318 g/mol. The second kappa shape index (κ2) is 8.33. The van der Waals surface area contributed by atoms with Crippen LogP contribution in [-0.4, -0.2) is 37.3 Å². The van der Waals surface area contributed by atoms with Crippen LogP contribution in [0.2, 0.25) is 10.6 Å². The van der Waals surface area contributed by atoms with Crippen molar-refractivity contribution in [1.82, 2.24) is 9.78 Å². The van der Waals surface area contributed by atoms with Crippen molar-refractivity contribution in [1.29, 1.82) is 0 Å². The molecule has 0 amide bonds. The van der Waals surface area contributed by atoms with Crippen LogP contribution in [0.3, 0.4) is 0 Å². The molecule has 0 radical (unpaired) electrons. The van der Waals surface area contributed by atoms with Crippen LogP contribution >= 0.6 is 0 Å². The molecule has 0 fully saturated rings. The zero-order valence-electron chi connectivity index (χ0n) is 11.4. The summed E-state index contributed by atoms with van der Waals surface area (Å²) in [6, 6.07) is 2.10. The van der Waals surface area contributed by atoms with Gasteiger partial charge in [0.05, 0.1) is 0 Å². The van der Waals surface area contributed by atoms with Gasteiger partial charge in [-0.25, -0.2) is 0 Å². The summed E-state index contributed by atoms with van der Waals surface area (Å²) in [5.74, 6) is -0.0631. The molecule has 1 aromatic heterocycles. The summed E-state index contributed by atoms with van der Waals surface area (Å²) in [7, 11) is 0. The Hall–Kier alpha value is -0.801. The van der Waals surface area contributed by atoms with Crippen molar-refractivity contribution in [2.24, 2.45) is 0 Å². The molecule has 0 atom stereocenters. The number of aromatic nitrogens is 2. The van der Waals surface area contributed by atoms with Crippen LogP contribution in [-0.2, 0) is 16.1 Å². The van der Waals surface area contributed by atoms with Gasteiger partial charge in [-0.15, -0.1) is 0 Å². The molecule has 5 heteroatoms. The van der Waals surface area contributed by atoms with Gasteiger partial charge in [0, 0.05) is 0 Å². The average molecular weight is 317 g/mol. The van der Waals surface area contributed by atoms with Crippen molar-refractivity contribution in [3.8, 4) is 0 Å². The van der Waals surface area contributed by atoms with Crippen LogP contribution in [0, 0.1) is 13.8 Å². The Morgan fingerprint density at radius 2 is 2.22 bits per heavy atom. The Labute approximate surface area is 115 Å². The van der Waals surface area contributed by atoms with E-state index >= 15 is 0 Å². The summed E-state index contributed by atoms with van der Waals surface area (Å²) in [6.45, 7) is 7.44. The Kier molecular flexibility index (Phi) is 7.06. The van der Waals surface area contributed by atoms with Gasteiger partial charge in [-0.05, 0) is 0 Å². The Bertz CT molecular complexity index is 377. The van der Waals surface area contributed by atoms with E-state index in [-0.39, 0.29) is 5.97 Å². The SMILES string of the molecule is CCOC(=O)CCC[Se]CCn1nc(C)cc1C. The zero-order valence-corrected chi connectivity index (χ0v) is 13.2. The number of hydrogen-bond acceptors (Lipinski definition) is 3. The molecule has 0 aliphatic rings. The molecule has 0 aliphatic carbocycles. The number of hydrogen-bond donors (Lipinski definition) is 0. The molecule has 0 unspecified atom stereocenters. The standard InChI is InChI=1S/C13H22N2O2Se/c1-4-17-13(16)6-5-8-18-9-7-15-12(3)10-11(2)14-15/h10H,4-9H2,1-3H3. The third-order valence-electron chi connectivity index (χ3n) is 2.53. The van der Waals surface area contributed by atoms with Gasteiger partial charge in [0.15, 0.2) is 0 Å². The molecular weight excluding hydrogens is 295 g/mol. The maximum atomic E-state index is 11.1. The van der Waals surface area contributed by atoms with Crippen LogP contribution < -0.4 is 0 Å². The van der Waals surface area contributed by atoms with Gasteiger partial charge in [0.25, 0.3) is 0 Å². The van der Waals surface area contributed by atoms with Gasteiger partial charge >= 0.3 is 115 Å². The van der Waals surface area contributed by atoms with E-state index in [1.807, 2.05) is 13.8 Å². The van der Waals surface area contributed by atoms with E-state index in [9.17, 15) is 4.79 Å². The molecule has 1 rings (SSSR count). The molecule has 0 bridgehead atoms. The van der Waals surface area contributed by atoms with Gasteiger partial charge in [-0.3, -0.25) is 0 Å². The number of aryl methyl sites for hydroxylation is 3. The first-order valence-corrected chi connectivity index (χ1v) is 8.80. The van der Waals surface area contributed by atoms with Gasteiger partial charge in [-0.2, -0.15) is 0 Å². The van der Waals surface area contributed by atoms with Crippen molar-refractivity contribution in [3.63, 3.8) is 0 Å². The normalized spacial score (nSPS) is 10.6. The first-order chi connectivity index (χ1) is 8.63. The molecule has 18 heavy (non-hydrogen) atoms. The minimum atomic E-state index is -0.0631. The summed E-state index contributed by atoms with van der Waals surface area (Å²) in [5, 5.41) is 6.76. The number of carbonyl (C=O) groups is 1. The van der Waals surface area contributed by atoms with E-state index in [2.05, 4.69) is 22.8 Å². The fourth-order valence-corrected chi connectivity index (χ4v) is 3.50. The van der Waals surface area contributed by atoms with Crippen molar-refractivity contribution < 1.29 is 9.53 Å². The van der Waals surface area contributed by atoms with Crippen LogP contribution in [0.1, 0.15) is 31.2 Å². The van der Waals surface area contributed by atoms with Gasteiger partial charge in [-0.1, -0.05) is 0 Å². The topological polar surface area (TPSA) is 44.1 Å². The van der Waals surface area contributed by atoms with E-state index < -0.39 is 0 Å². The third kappa shape index (κ3) is 5.69. The fourth-order valence-electron chi connectivity index (χ4n) is 1.71. The molecule has 0 aliphatic heterocycles. The molecule has 0 spiro atoms. The predicted molar refractivity (Wildman–Crippen MR) is 72.9 cm³/mol. The number of ether oxygens (including phenoxy) is 1. The van der Waals surface area contributed by atoms with Crippen LogP contribution in [0.25, 0.3) is 0 Å². The second-order valence-corrected chi connectivity index (χ2v) is 6.74. The van der Waals surface area contributed by atoms with Crippen molar-refractivity contribution >= 4 is 20.9 Å². The molecule has 102 valence electrons. The van der Waals surface area contributed by atoms with E-state index in [1.54, 1.807) is 0 Å². The van der Waals surface area contributed by atoms with E-state index in [1.165, 1.54) is 11.0 Å². The molecule has 0 aromatic carbocycles. The number of rotatable bonds is 8. The molecule has 1 aromatic rings. The molecule has 0 N–H and O–H groups in total. The summed E-state index contributed by atoms with van der Waals surface area (Å²) < 4.78 is 6.96. The quantitative estimate of drug-likeness (QED) is 0.420. The molecule has 0 saturated heterocycles. The summed E-state index contributed by atoms with van der Waals surface area (Å²) >= 11 is 0.596. The number of esters is 1. The first kappa shape index (κ1) is 15.3. The number of nitrogens with zero attached hydrogens (tertiary/aromatic N) is 2. The summed E-state index contributed by atoms with van der Waals surface area (Å²) in [4.78, 5) is 11.1. The first-order valence-electron chi connectivity index (χ1n) is 6.38. The van der Waals surface area contributed by atoms with Crippen LogP contribution in [0.5, 0.6) is 0 Å². The Balaban J connectivity index is 2.05. The van der Waals surface area contributed by atoms with E-state index in [0.29, 0.717) is 28.0 Å². The summed E-state index contributed by atoms with van der Waals surface area (Å²) in [6.07, 6.45) is 1.52. The second-order valence-electron chi connectivity index (χ2n) is 4.17. The maximum absolute atomic E-state index is 11.1. The van der Waals surface area contributed by atoms with Crippen LogP contribution in [0.15, 0.2) is 6.07 Å². The Morgan fingerprint density at radius 1 is 1.44 bits per heavy atom. The van der Waals surface area contributed by atoms with Gasteiger partial charge in [0.1, 0.15) is 0 Å². The van der Waals surface area contributed by atoms with Gasteiger partial charge < -0.3 is 0 Å². The predicted octanol–water partition coefficient (Wildman–Crippen LogP) is 2.38. The Morgan fingerprint density at radius 3 is 2.83 bits per heavy atom. The van der Waals surface area contributed by atoms with Crippen molar-refractivity contribution in [3.05, 3.63) is 17.5 Å². The molecule has 1 heterocycles. The number of carbonyl (C=O) groups excluding carboxylic acids is 1. The fraction of sp³-hybridized carbons (Fsp3) is 0.692. The minimum absolute atomic E-state index is 0.0631.